The molecule has 0 heterocycles. The summed E-state index contributed by atoms with van der Waals surface area (Å²) in [4.78, 5) is 17.2. The van der Waals surface area contributed by atoms with Gasteiger partial charge < -0.3 is 9.79 Å². The first kappa shape index (κ1) is 19.2. The van der Waals surface area contributed by atoms with Gasteiger partial charge in [-0.15, -0.1) is 0 Å². The van der Waals surface area contributed by atoms with Crippen molar-refractivity contribution >= 4 is 14.7 Å². The zero-order valence-corrected chi connectivity index (χ0v) is 13.9. The van der Waals surface area contributed by atoms with Gasteiger partial charge in [-0.3, -0.25) is 9.13 Å². The summed E-state index contributed by atoms with van der Waals surface area (Å²) in [7, 11) is -6.60. The zero-order chi connectivity index (χ0) is 7.71. The minimum atomic E-state index is -3.30. The largest absolute Gasteiger partial charge is 0.344 e. The molecule has 2 radical (unpaired) electrons. The molecule has 0 aliphatic carbocycles. The molecule has 2 N–H and O–H groups in total. The minimum absolute atomic E-state index is 0. The molecule has 0 aromatic heterocycles. The summed E-state index contributed by atoms with van der Waals surface area (Å²) in [6.07, 6.45) is 0. The van der Waals surface area contributed by atoms with Crippen LogP contribution in [0.1, 0.15) is 0 Å². The minimum Gasteiger partial charge on any atom is -0.344 e. The van der Waals surface area contributed by atoms with E-state index in [0.717, 1.165) is 13.3 Å². The quantitative estimate of drug-likeness (QED) is 0.721. The predicted octanol–water partition coefficient (Wildman–Crippen LogP) is 0.739. The molecule has 0 aliphatic heterocycles. The standard InChI is InChI=1S/C3H10O4P2.2Y/c1-8(4,5)3-9(2,6)7;;/h3H2,1-2H3,(H,4,5)(H,6,7);;. The van der Waals surface area contributed by atoms with E-state index in [9.17, 15) is 9.13 Å². The number of hydrogen-bond donors (Lipinski definition) is 2. The fourth-order valence-corrected chi connectivity index (χ4v) is 4.38. The topological polar surface area (TPSA) is 74.6 Å². The van der Waals surface area contributed by atoms with Crippen molar-refractivity contribution in [1.29, 1.82) is 0 Å². The van der Waals surface area contributed by atoms with Crippen molar-refractivity contribution in [1.82, 2.24) is 0 Å². The van der Waals surface area contributed by atoms with Crippen molar-refractivity contribution in [3.63, 3.8) is 0 Å². The third-order valence-corrected chi connectivity index (χ3v) is 4.72. The average Bonchev–Trinajstić information content (AvgIpc) is 1.14. The number of rotatable bonds is 2. The van der Waals surface area contributed by atoms with E-state index in [2.05, 4.69) is 0 Å². The van der Waals surface area contributed by atoms with Gasteiger partial charge in [0.15, 0.2) is 0 Å². The Balaban J connectivity index is -0.000000320. The zero-order valence-electron chi connectivity index (χ0n) is 6.47. The molecule has 0 bridgehead atoms. The Bertz CT molecular complexity index is 162. The molecule has 4 nitrogen and oxygen atoms in total. The first-order valence-electron chi connectivity index (χ1n) is 2.29. The molecule has 2 unspecified atom stereocenters. The second-order valence-corrected chi connectivity index (χ2v) is 7.58. The van der Waals surface area contributed by atoms with Crippen molar-refractivity contribution in [2.45, 2.75) is 0 Å². The molecule has 0 aromatic carbocycles. The van der Waals surface area contributed by atoms with E-state index < -0.39 is 20.6 Å². The Labute approximate surface area is 117 Å². The van der Waals surface area contributed by atoms with Crippen LogP contribution in [0.15, 0.2) is 0 Å². The van der Waals surface area contributed by atoms with Crippen LogP contribution in [-0.2, 0) is 74.5 Å². The monoisotopic (exact) mass is 350 g/mol. The molecule has 2 atom stereocenters. The Hall–Kier alpha value is 2.59. The maximum absolute atomic E-state index is 10.5. The van der Waals surface area contributed by atoms with Crippen molar-refractivity contribution < 1.29 is 84.3 Å². The van der Waals surface area contributed by atoms with E-state index in [0.29, 0.717) is 0 Å². The first-order chi connectivity index (χ1) is 3.71. The molecule has 0 fully saturated rings. The van der Waals surface area contributed by atoms with Crippen molar-refractivity contribution in [3.8, 4) is 0 Å². The van der Waals surface area contributed by atoms with E-state index in [1.54, 1.807) is 0 Å². The first-order valence-corrected chi connectivity index (χ1v) is 6.88. The van der Waals surface area contributed by atoms with Gasteiger partial charge in [-0.25, -0.2) is 0 Å². The fourth-order valence-electron chi connectivity index (χ4n) is 0.487. The SMILES string of the molecule is CP(=O)(O)CP(C)(=O)O.[Y].[Y]. The van der Waals surface area contributed by atoms with Crippen LogP contribution < -0.4 is 0 Å². The normalized spacial score (nSPS) is 20.0. The summed E-state index contributed by atoms with van der Waals surface area (Å²) in [5.74, 6) is -0.486. The Kier molecular flexibility index (Phi) is 12.1. The van der Waals surface area contributed by atoms with Crippen LogP contribution in [0.2, 0.25) is 0 Å². The van der Waals surface area contributed by atoms with Gasteiger partial charge in [0.25, 0.3) is 0 Å². The third kappa shape index (κ3) is 19.1. The summed E-state index contributed by atoms with van der Waals surface area (Å²) >= 11 is 0. The molecule has 0 spiro atoms. The molecular formula is C3H10O4P2Y2. The molecular weight excluding hydrogens is 340 g/mol. The third-order valence-electron chi connectivity index (χ3n) is 0.525. The summed E-state index contributed by atoms with van der Waals surface area (Å²) in [5, 5.41) is 0. The van der Waals surface area contributed by atoms with Gasteiger partial charge >= 0.3 is 0 Å². The van der Waals surface area contributed by atoms with Gasteiger partial charge in [0.1, 0.15) is 5.90 Å². The van der Waals surface area contributed by atoms with Crippen LogP contribution in [0.25, 0.3) is 0 Å². The maximum Gasteiger partial charge on any atom is 0.207 e. The predicted molar refractivity (Wildman–Crippen MR) is 36.4 cm³/mol. The average molecular weight is 350 g/mol. The van der Waals surface area contributed by atoms with E-state index in [-0.39, 0.29) is 65.4 Å². The Morgan fingerprint density at radius 2 is 1.18 bits per heavy atom. The second-order valence-electron chi connectivity index (χ2n) is 2.24. The summed E-state index contributed by atoms with van der Waals surface area (Å²) < 4.78 is 20.9. The summed E-state index contributed by atoms with van der Waals surface area (Å²) in [6, 6.07) is 0. The van der Waals surface area contributed by atoms with Gasteiger partial charge in [-0.05, 0) is 0 Å². The van der Waals surface area contributed by atoms with Crippen LogP contribution in [-0.4, -0.2) is 29.0 Å². The van der Waals surface area contributed by atoms with Gasteiger partial charge in [-0.1, -0.05) is 0 Å². The van der Waals surface area contributed by atoms with E-state index in [4.69, 9.17) is 9.79 Å². The van der Waals surface area contributed by atoms with Crippen LogP contribution >= 0.6 is 14.7 Å². The van der Waals surface area contributed by atoms with Crippen molar-refractivity contribution in [3.05, 3.63) is 0 Å². The van der Waals surface area contributed by atoms with Crippen LogP contribution in [0.5, 0.6) is 0 Å². The van der Waals surface area contributed by atoms with Gasteiger partial charge in [0.2, 0.25) is 14.7 Å². The molecule has 0 amide bonds. The van der Waals surface area contributed by atoms with Crippen LogP contribution in [0, 0.1) is 0 Å². The molecule has 0 rings (SSSR count). The Morgan fingerprint density at radius 1 is 1.00 bits per heavy atom. The van der Waals surface area contributed by atoms with E-state index >= 15 is 0 Å². The molecule has 0 saturated carbocycles. The smallest absolute Gasteiger partial charge is 0.207 e. The maximum atomic E-state index is 10.5. The summed E-state index contributed by atoms with van der Waals surface area (Å²) in [6.45, 7) is 2.14. The second kappa shape index (κ2) is 6.96. The Morgan fingerprint density at radius 3 is 1.18 bits per heavy atom. The number of hydrogen-bond acceptors (Lipinski definition) is 2. The molecule has 11 heavy (non-hydrogen) atoms. The molecule has 62 valence electrons. The van der Waals surface area contributed by atoms with Crippen molar-refractivity contribution in [2.24, 2.45) is 0 Å². The fraction of sp³-hybridized carbons (Fsp3) is 1.00. The van der Waals surface area contributed by atoms with Gasteiger partial charge in [0, 0.05) is 78.7 Å². The van der Waals surface area contributed by atoms with E-state index in [1.807, 2.05) is 0 Å². The van der Waals surface area contributed by atoms with E-state index in [1.165, 1.54) is 0 Å². The summed E-state index contributed by atoms with van der Waals surface area (Å²) in [5.41, 5.74) is 0. The van der Waals surface area contributed by atoms with Crippen molar-refractivity contribution in [2.75, 3.05) is 19.2 Å². The molecule has 0 saturated heterocycles. The van der Waals surface area contributed by atoms with Crippen LogP contribution in [0.4, 0.5) is 0 Å². The van der Waals surface area contributed by atoms with Gasteiger partial charge in [0.05, 0.1) is 0 Å². The molecule has 0 aromatic rings. The molecule has 8 heteroatoms. The molecule has 0 aliphatic rings. The van der Waals surface area contributed by atoms with Gasteiger partial charge in [-0.2, -0.15) is 0 Å². The van der Waals surface area contributed by atoms with Crippen LogP contribution in [0.3, 0.4) is 0 Å².